The first kappa shape index (κ1) is 14.6. The van der Waals surface area contributed by atoms with Gasteiger partial charge in [0.1, 0.15) is 11.4 Å². The van der Waals surface area contributed by atoms with Crippen LogP contribution < -0.4 is 5.43 Å². The van der Waals surface area contributed by atoms with Gasteiger partial charge in [0.25, 0.3) is 0 Å². The molecule has 7 heteroatoms. The van der Waals surface area contributed by atoms with Gasteiger partial charge in [-0.05, 0) is 24.8 Å². The van der Waals surface area contributed by atoms with Crippen LogP contribution in [0.15, 0.2) is 17.1 Å². The summed E-state index contributed by atoms with van der Waals surface area (Å²) in [7, 11) is 0. The fraction of sp³-hybridized carbons (Fsp3) is 0.231. The number of nitrogens with one attached hydrogen (secondary N) is 1. The molecule has 1 aliphatic carbocycles. The Kier molecular flexibility index (Phi) is 3.60. The summed E-state index contributed by atoms with van der Waals surface area (Å²) in [4.78, 5) is 25.7. The average Bonchev–Trinajstić information content (AvgIpc) is 3.16. The molecule has 0 amide bonds. The largest absolute Gasteiger partial charge is 0.477 e. The molecule has 1 aromatic heterocycles. The topological polar surface area (TPSA) is 70.2 Å². The van der Waals surface area contributed by atoms with Crippen LogP contribution in [0.3, 0.4) is 0 Å². The van der Waals surface area contributed by atoms with Crippen LogP contribution >= 0.6 is 11.6 Å². The molecule has 0 unspecified atom stereocenters. The van der Waals surface area contributed by atoms with Crippen LogP contribution in [0.4, 0.5) is 4.39 Å². The van der Waals surface area contributed by atoms with Crippen LogP contribution in [0.25, 0.3) is 10.9 Å². The number of H-pyrrole nitrogens is 1. The van der Waals surface area contributed by atoms with Crippen molar-refractivity contribution in [1.29, 1.82) is 0 Å². The molecule has 20 heavy (non-hydrogen) atoms. The Balaban J connectivity index is 0.00000147. The van der Waals surface area contributed by atoms with Gasteiger partial charge in [-0.1, -0.05) is 11.6 Å². The van der Waals surface area contributed by atoms with Crippen molar-refractivity contribution in [2.45, 2.75) is 18.8 Å². The molecule has 1 heterocycles. The van der Waals surface area contributed by atoms with E-state index in [1.54, 1.807) is 0 Å². The van der Waals surface area contributed by atoms with E-state index in [-0.39, 0.29) is 24.7 Å². The van der Waals surface area contributed by atoms with Crippen molar-refractivity contribution in [3.8, 4) is 0 Å². The minimum Gasteiger partial charge on any atom is -0.477 e. The van der Waals surface area contributed by atoms with E-state index in [2.05, 4.69) is 4.98 Å². The number of aromatic nitrogens is 1. The number of carboxylic acid groups (broad SMARTS) is 1. The Bertz CT molecular complexity index is 770. The molecule has 2 N–H and O–H groups in total. The van der Waals surface area contributed by atoms with Crippen molar-refractivity contribution in [1.82, 2.24) is 4.98 Å². The number of benzene rings is 1. The first-order valence-electron chi connectivity index (χ1n) is 5.77. The van der Waals surface area contributed by atoms with Crippen molar-refractivity contribution in [2.24, 2.45) is 0 Å². The van der Waals surface area contributed by atoms with Crippen LogP contribution in [-0.2, 0) is 0 Å². The lowest BCUT2D eigenvalue weighted by atomic mass is 10.0. The van der Waals surface area contributed by atoms with Crippen molar-refractivity contribution >= 4 is 36.9 Å². The number of hydrogen-bond donors (Lipinski definition) is 2. The highest BCUT2D eigenvalue weighted by atomic mass is 35.5. The standard InChI is InChI=1S/C13H9ClFNO3.BH3/c14-10-8(15)3-6-11(9(10)5-1-2-5)16-4-7(12(6)17)13(18)19;/h3-5H,1-2H2,(H,16,17)(H,18,19);1H3. The highest BCUT2D eigenvalue weighted by molar-refractivity contribution is 6.32. The number of carboxylic acids is 1. The molecule has 1 saturated carbocycles. The molecule has 0 atom stereocenters. The number of fused-ring (bicyclic) bond motifs is 1. The van der Waals surface area contributed by atoms with Gasteiger partial charge in [0.05, 0.1) is 19.0 Å². The molecule has 4 nitrogen and oxygen atoms in total. The van der Waals surface area contributed by atoms with E-state index in [0.29, 0.717) is 11.1 Å². The molecule has 0 spiro atoms. The van der Waals surface area contributed by atoms with Gasteiger partial charge < -0.3 is 10.1 Å². The smallest absolute Gasteiger partial charge is 0.341 e. The molecule has 2 aromatic rings. The van der Waals surface area contributed by atoms with Crippen LogP contribution in [0, 0.1) is 5.82 Å². The van der Waals surface area contributed by atoms with Crippen molar-refractivity contribution in [3.63, 3.8) is 0 Å². The maximum atomic E-state index is 13.8. The Morgan fingerprint density at radius 3 is 2.65 bits per heavy atom. The van der Waals surface area contributed by atoms with Crippen molar-refractivity contribution < 1.29 is 14.3 Å². The second kappa shape index (κ2) is 4.94. The Hall–Kier alpha value is -1.82. The third-order valence-electron chi connectivity index (χ3n) is 3.32. The van der Waals surface area contributed by atoms with Gasteiger partial charge in [-0.3, -0.25) is 4.79 Å². The number of aromatic carboxylic acids is 1. The zero-order valence-corrected chi connectivity index (χ0v) is 10.4. The first-order valence-corrected chi connectivity index (χ1v) is 6.15. The Morgan fingerprint density at radius 2 is 2.10 bits per heavy atom. The average molecular weight is 296 g/mol. The molecular weight excluding hydrogens is 283 g/mol. The van der Waals surface area contributed by atoms with E-state index in [0.717, 1.165) is 25.1 Å². The van der Waals surface area contributed by atoms with E-state index in [9.17, 15) is 14.0 Å². The first-order chi connectivity index (χ1) is 9.00. The highest BCUT2D eigenvalue weighted by Gasteiger charge is 2.30. The summed E-state index contributed by atoms with van der Waals surface area (Å²) in [6.07, 6.45) is 2.91. The number of hydrogen-bond acceptors (Lipinski definition) is 2. The zero-order chi connectivity index (χ0) is 13.7. The molecule has 1 aliphatic rings. The third-order valence-corrected chi connectivity index (χ3v) is 3.71. The number of pyridine rings is 1. The molecule has 104 valence electrons. The number of carbonyl (C=O) groups is 1. The molecule has 0 saturated heterocycles. The molecular formula is C13H12BClFNO3. The van der Waals surface area contributed by atoms with Crippen molar-refractivity contribution in [2.75, 3.05) is 0 Å². The maximum Gasteiger partial charge on any atom is 0.341 e. The molecule has 1 fully saturated rings. The van der Waals surface area contributed by atoms with Gasteiger partial charge >= 0.3 is 5.97 Å². The minimum atomic E-state index is -1.34. The molecule has 0 radical (unpaired) electrons. The summed E-state index contributed by atoms with van der Waals surface area (Å²) in [6.45, 7) is 0. The highest BCUT2D eigenvalue weighted by Crippen LogP contribution is 2.46. The third kappa shape index (κ3) is 2.10. The predicted molar refractivity (Wildman–Crippen MR) is 78.4 cm³/mol. The number of rotatable bonds is 2. The SMILES string of the molecule is B.O=C(O)c1c[nH]c2c(C3CC3)c(Cl)c(F)cc2c1=O. The van der Waals surface area contributed by atoms with Gasteiger partial charge in [-0.15, -0.1) is 0 Å². The van der Waals surface area contributed by atoms with E-state index in [1.807, 2.05) is 0 Å². The summed E-state index contributed by atoms with van der Waals surface area (Å²) in [5.74, 6) is -1.90. The van der Waals surface area contributed by atoms with E-state index in [1.165, 1.54) is 0 Å². The summed E-state index contributed by atoms with van der Waals surface area (Å²) < 4.78 is 13.8. The second-order valence-corrected chi connectivity index (χ2v) is 5.00. The van der Waals surface area contributed by atoms with Gasteiger partial charge in [-0.25, -0.2) is 9.18 Å². The predicted octanol–water partition coefficient (Wildman–Crippen LogP) is 1.71. The summed E-state index contributed by atoms with van der Waals surface area (Å²) in [5, 5.41) is 8.94. The molecule has 0 aliphatic heterocycles. The van der Waals surface area contributed by atoms with E-state index >= 15 is 0 Å². The quantitative estimate of drug-likeness (QED) is 0.829. The van der Waals surface area contributed by atoms with E-state index in [4.69, 9.17) is 16.7 Å². The van der Waals surface area contributed by atoms with E-state index < -0.39 is 22.8 Å². The van der Waals surface area contributed by atoms with Crippen molar-refractivity contribution in [3.05, 3.63) is 44.5 Å². The number of aromatic amines is 1. The monoisotopic (exact) mass is 295 g/mol. The van der Waals surface area contributed by atoms with Crippen LogP contribution in [0.1, 0.15) is 34.7 Å². The zero-order valence-electron chi connectivity index (χ0n) is 9.67. The second-order valence-electron chi connectivity index (χ2n) is 4.62. The van der Waals surface area contributed by atoms with Gasteiger partial charge in [-0.2, -0.15) is 0 Å². The molecule has 3 rings (SSSR count). The normalized spacial score (nSPS) is 14.1. The Morgan fingerprint density at radius 1 is 1.45 bits per heavy atom. The Labute approximate surface area is 120 Å². The molecule has 1 aromatic carbocycles. The maximum absolute atomic E-state index is 13.8. The van der Waals surface area contributed by atoms with Gasteiger partial charge in [0, 0.05) is 17.1 Å². The summed E-state index contributed by atoms with van der Waals surface area (Å²) in [5.41, 5.74) is -0.0932. The van der Waals surface area contributed by atoms with Gasteiger partial charge in [0.2, 0.25) is 5.43 Å². The lowest BCUT2D eigenvalue weighted by Gasteiger charge is -2.09. The molecule has 0 bridgehead atoms. The summed E-state index contributed by atoms with van der Waals surface area (Å²) in [6, 6.07) is 0.995. The lowest BCUT2D eigenvalue weighted by molar-refractivity contribution is 0.0695. The lowest BCUT2D eigenvalue weighted by Crippen LogP contribution is -2.16. The van der Waals surface area contributed by atoms with Crippen LogP contribution in [0.5, 0.6) is 0 Å². The number of halogens is 2. The van der Waals surface area contributed by atoms with Crippen LogP contribution in [-0.4, -0.2) is 24.5 Å². The van der Waals surface area contributed by atoms with Crippen LogP contribution in [0.2, 0.25) is 5.02 Å². The fourth-order valence-corrected chi connectivity index (χ4v) is 2.55. The summed E-state index contributed by atoms with van der Waals surface area (Å²) >= 11 is 5.95. The fourth-order valence-electron chi connectivity index (χ4n) is 2.25. The van der Waals surface area contributed by atoms with Gasteiger partial charge in [0.15, 0.2) is 0 Å². The minimum absolute atomic E-state index is 0.